The molecule has 1 saturated heterocycles. The highest BCUT2D eigenvalue weighted by atomic mass is 32.2. The second kappa shape index (κ2) is 5.74. The van der Waals surface area contributed by atoms with Crippen LogP contribution in [0.2, 0.25) is 0 Å². The van der Waals surface area contributed by atoms with Crippen LogP contribution in [0.5, 0.6) is 0 Å². The smallest absolute Gasteiger partial charge is 0.128 e. The molecule has 94 valence electrons. The van der Waals surface area contributed by atoms with E-state index in [1.54, 1.807) is 0 Å². The van der Waals surface area contributed by atoms with Crippen LogP contribution in [0.3, 0.4) is 0 Å². The monoisotopic (exact) mass is 251 g/mol. The molecule has 1 aliphatic heterocycles. The van der Waals surface area contributed by atoms with Crippen LogP contribution in [-0.4, -0.2) is 36.6 Å². The molecule has 2 atom stereocenters. The van der Waals surface area contributed by atoms with Crippen molar-refractivity contribution in [1.29, 1.82) is 0 Å². The number of nitrogens with one attached hydrogen (secondary N) is 1. The Balaban J connectivity index is 2.06. The number of thioether (sulfide) groups is 1. The van der Waals surface area contributed by atoms with Crippen LogP contribution in [0.25, 0.3) is 0 Å². The zero-order valence-electron chi connectivity index (χ0n) is 10.8. The quantitative estimate of drug-likeness (QED) is 0.889. The maximum absolute atomic E-state index is 4.57. The van der Waals surface area contributed by atoms with Crippen molar-refractivity contribution in [3.63, 3.8) is 0 Å². The Labute approximate surface area is 108 Å². The Kier molecular flexibility index (Phi) is 4.29. The first kappa shape index (κ1) is 12.7. The van der Waals surface area contributed by atoms with Gasteiger partial charge >= 0.3 is 0 Å². The second-order valence-electron chi connectivity index (χ2n) is 4.59. The summed E-state index contributed by atoms with van der Waals surface area (Å²) in [5.74, 6) is 3.60. The Hall–Kier alpha value is -0.740. The number of hydrogen-bond donors (Lipinski definition) is 1. The Morgan fingerprint density at radius 2 is 2.35 bits per heavy atom. The third-order valence-corrected chi connectivity index (χ3v) is 4.66. The Morgan fingerprint density at radius 3 is 2.88 bits per heavy atom. The summed E-state index contributed by atoms with van der Waals surface area (Å²) in [6.07, 6.45) is 3.26. The molecule has 1 aliphatic rings. The standard InChI is InChI=1S/C13H21N3S/c1-10(14-2)11-4-5-13(15-8-11)16(3)12-6-7-17-9-12/h4-5,8,10,12,14H,6-7,9H2,1-3H3. The summed E-state index contributed by atoms with van der Waals surface area (Å²) in [5.41, 5.74) is 1.24. The first-order chi connectivity index (χ1) is 8.22. The molecule has 1 N–H and O–H groups in total. The fourth-order valence-electron chi connectivity index (χ4n) is 2.04. The minimum atomic E-state index is 0.365. The van der Waals surface area contributed by atoms with E-state index in [1.807, 2.05) is 25.0 Å². The van der Waals surface area contributed by atoms with Crippen molar-refractivity contribution in [3.8, 4) is 0 Å². The second-order valence-corrected chi connectivity index (χ2v) is 5.74. The SMILES string of the molecule is CNC(C)c1ccc(N(C)C2CCSC2)nc1. The molecule has 0 bridgehead atoms. The van der Waals surface area contributed by atoms with Gasteiger partial charge in [-0.1, -0.05) is 6.07 Å². The molecule has 3 nitrogen and oxygen atoms in total. The average molecular weight is 251 g/mol. The van der Waals surface area contributed by atoms with Crippen molar-refractivity contribution < 1.29 is 0 Å². The molecule has 0 amide bonds. The Morgan fingerprint density at radius 1 is 1.53 bits per heavy atom. The van der Waals surface area contributed by atoms with Gasteiger partial charge in [-0.2, -0.15) is 11.8 Å². The van der Waals surface area contributed by atoms with Crippen LogP contribution >= 0.6 is 11.8 Å². The van der Waals surface area contributed by atoms with Crippen LogP contribution in [0, 0.1) is 0 Å². The number of nitrogens with zero attached hydrogens (tertiary/aromatic N) is 2. The molecule has 1 fully saturated rings. The van der Waals surface area contributed by atoms with Gasteiger partial charge in [0, 0.05) is 31.1 Å². The van der Waals surface area contributed by atoms with Gasteiger partial charge in [0.25, 0.3) is 0 Å². The summed E-state index contributed by atoms with van der Waals surface area (Å²) in [5, 5.41) is 3.23. The van der Waals surface area contributed by atoms with Gasteiger partial charge in [-0.25, -0.2) is 4.98 Å². The van der Waals surface area contributed by atoms with Gasteiger partial charge in [-0.3, -0.25) is 0 Å². The van der Waals surface area contributed by atoms with Crippen molar-refractivity contribution >= 4 is 17.6 Å². The lowest BCUT2D eigenvalue weighted by Gasteiger charge is -2.25. The maximum Gasteiger partial charge on any atom is 0.128 e. The van der Waals surface area contributed by atoms with Gasteiger partial charge in [0.2, 0.25) is 0 Å². The summed E-state index contributed by atoms with van der Waals surface area (Å²) in [4.78, 5) is 6.88. The molecular formula is C13H21N3S. The number of anilines is 1. The predicted molar refractivity (Wildman–Crippen MR) is 75.8 cm³/mol. The lowest BCUT2D eigenvalue weighted by molar-refractivity contribution is 0.647. The van der Waals surface area contributed by atoms with E-state index < -0.39 is 0 Å². The summed E-state index contributed by atoms with van der Waals surface area (Å²) in [6, 6.07) is 5.32. The van der Waals surface area contributed by atoms with Gasteiger partial charge in [-0.05, 0) is 37.8 Å². The number of hydrogen-bond acceptors (Lipinski definition) is 4. The molecule has 2 heterocycles. The zero-order chi connectivity index (χ0) is 12.3. The largest absolute Gasteiger partial charge is 0.356 e. The third-order valence-electron chi connectivity index (χ3n) is 3.52. The van der Waals surface area contributed by atoms with Crippen LogP contribution in [0.1, 0.15) is 24.9 Å². The van der Waals surface area contributed by atoms with Gasteiger partial charge in [-0.15, -0.1) is 0 Å². The molecule has 0 aliphatic carbocycles. The summed E-state index contributed by atoms with van der Waals surface area (Å²) >= 11 is 2.04. The van der Waals surface area contributed by atoms with Crippen molar-refractivity contribution in [2.75, 3.05) is 30.5 Å². The van der Waals surface area contributed by atoms with Crippen LogP contribution in [0.4, 0.5) is 5.82 Å². The zero-order valence-corrected chi connectivity index (χ0v) is 11.6. The average Bonchev–Trinajstić information content (AvgIpc) is 2.91. The molecule has 1 aromatic heterocycles. The van der Waals surface area contributed by atoms with Gasteiger partial charge in [0.15, 0.2) is 0 Å². The minimum Gasteiger partial charge on any atom is -0.356 e. The lowest BCUT2D eigenvalue weighted by atomic mass is 10.1. The summed E-state index contributed by atoms with van der Waals surface area (Å²) in [6.45, 7) is 2.15. The van der Waals surface area contributed by atoms with Gasteiger partial charge < -0.3 is 10.2 Å². The Bertz CT molecular complexity index is 346. The van der Waals surface area contributed by atoms with Crippen molar-refractivity contribution in [2.24, 2.45) is 0 Å². The summed E-state index contributed by atoms with van der Waals surface area (Å²) in [7, 11) is 4.13. The molecule has 2 unspecified atom stereocenters. The van der Waals surface area contributed by atoms with E-state index in [0.29, 0.717) is 12.1 Å². The molecule has 4 heteroatoms. The predicted octanol–water partition coefficient (Wildman–Crippen LogP) is 2.30. The number of pyridine rings is 1. The fraction of sp³-hybridized carbons (Fsp3) is 0.615. The van der Waals surface area contributed by atoms with Crippen molar-refractivity contribution in [1.82, 2.24) is 10.3 Å². The maximum atomic E-state index is 4.57. The molecule has 0 aromatic carbocycles. The van der Waals surface area contributed by atoms with Crippen LogP contribution in [0.15, 0.2) is 18.3 Å². The van der Waals surface area contributed by atoms with E-state index in [0.717, 1.165) is 5.82 Å². The molecule has 1 aromatic rings. The van der Waals surface area contributed by atoms with E-state index in [-0.39, 0.29) is 0 Å². The normalized spacial score (nSPS) is 21.5. The van der Waals surface area contributed by atoms with Gasteiger partial charge in [0.1, 0.15) is 5.82 Å². The number of rotatable bonds is 4. The van der Waals surface area contributed by atoms with Crippen molar-refractivity contribution in [3.05, 3.63) is 23.9 Å². The summed E-state index contributed by atoms with van der Waals surface area (Å²) < 4.78 is 0. The van der Waals surface area contributed by atoms with E-state index >= 15 is 0 Å². The highest BCUT2D eigenvalue weighted by molar-refractivity contribution is 7.99. The molecule has 17 heavy (non-hydrogen) atoms. The molecule has 0 spiro atoms. The minimum absolute atomic E-state index is 0.365. The van der Waals surface area contributed by atoms with E-state index in [1.165, 1.54) is 23.5 Å². The van der Waals surface area contributed by atoms with E-state index in [9.17, 15) is 0 Å². The fourth-order valence-corrected chi connectivity index (χ4v) is 3.31. The van der Waals surface area contributed by atoms with E-state index in [2.05, 4.69) is 41.3 Å². The highest BCUT2D eigenvalue weighted by Crippen LogP contribution is 2.25. The number of aromatic nitrogens is 1. The topological polar surface area (TPSA) is 28.2 Å². The first-order valence-electron chi connectivity index (χ1n) is 6.16. The molecule has 0 radical (unpaired) electrons. The van der Waals surface area contributed by atoms with Gasteiger partial charge in [0.05, 0.1) is 0 Å². The van der Waals surface area contributed by atoms with Crippen LogP contribution in [-0.2, 0) is 0 Å². The first-order valence-corrected chi connectivity index (χ1v) is 7.31. The van der Waals surface area contributed by atoms with Crippen molar-refractivity contribution in [2.45, 2.75) is 25.4 Å². The lowest BCUT2D eigenvalue weighted by Crippen LogP contribution is -2.31. The molecule has 2 rings (SSSR count). The van der Waals surface area contributed by atoms with Crippen LogP contribution < -0.4 is 10.2 Å². The molecule has 0 saturated carbocycles. The highest BCUT2D eigenvalue weighted by Gasteiger charge is 2.20. The molecular weight excluding hydrogens is 230 g/mol. The van der Waals surface area contributed by atoms with E-state index in [4.69, 9.17) is 0 Å². The third kappa shape index (κ3) is 2.93.